The molecule has 162 valence electrons. The van der Waals surface area contributed by atoms with Gasteiger partial charge >= 0.3 is 0 Å². The molecule has 1 aliphatic heterocycles. The highest BCUT2D eigenvalue weighted by Crippen LogP contribution is 2.30. The second kappa shape index (κ2) is 8.17. The summed E-state index contributed by atoms with van der Waals surface area (Å²) in [6, 6.07) is 5.10. The van der Waals surface area contributed by atoms with E-state index in [0.717, 1.165) is 31.4 Å². The van der Waals surface area contributed by atoms with Crippen molar-refractivity contribution in [2.45, 2.75) is 38.0 Å². The number of aryl methyl sites for hydroxylation is 1. The van der Waals surface area contributed by atoms with Crippen LogP contribution in [0.25, 0.3) is 11.0 Å². The number of likely N-dealkylation sites (N-methyl/N-ethyl adjacent to an activating group) is 1. The van der Waals surface area contributed by atoms with E-state index in [-0.39, 0.29) is 23.9 Å². The highest BCUT2D eigenvalue weighted by Gasteiger charge is 2.42. The molecule has 8 nitrogen and oxygen atoms in total. The molecule has 30 heavy (non-hydrogen) atoms. The Morgan fingerprint density at radius 1 is 1.20 bits per heavy atom. The molecule has 1 saturated carbocycles. The van der Waals surface area contributed by atoms with Crippen molar-refractivity contribution in [2.24, 2.45) is 7.05 Å². The van der Waals surface area contributed by atoms with Crippen molar-refractivity contribution in [2.75, 3.05) is 33.2 Å². The minimum Gasteiger partial charge on any atom is -0.389 e. The largest absolute Gasteiger partial charge is 0.389 e. The molecule has 0 spiro atoms. The number of imidazole rings is 1. The molecule has 1 aromatic carbocycles. The van der Waals surface area contributed by atoms with Gasteiger partial charge in [0.2, 0.25) is 5.91 Å². The molecular weight excluding hydrogens is 406 g/mol. The Morgan fingerprint density at radius 3 is 2.57 bits per heavy atom. The first-order chi connectivity index (χ1) is 14.3. The zero-order valence-electron chi connectivity index (χ0n) is 17.6. The van der Waals surface area contributed by atoms with Crippen molar-refractivity contribution < 1.29 is 14.7 Å². The zero-order chi connectivity index (χ0) is 21.6. The van der Waals surface area contributed by atoms with Crippen LogP contribution >= 0.6 is 11.6 Å². The zero-order valence-corrected chi connectivity index (χ0v) is 18.3. The molecule has 2 heterocycles. The molecular formula is C21H28ClN5O3. The Kier molecular flexibility index (Phi) is 5.74. The summed E-state index contributed by atoms with van der Waals surface area (Å²) in [5, 5.41) is 11.6. The van der Waals surface area contributed by atoms with Crippen LogP contribution in [-0.4, -0.2) is 92.6 Å². The number of piperazine rings is 1. The van der Waals surface area contributed by atoms with Gasteiger partial charge in [0, 0.05) is 58.3 Å². The fraction of sp³-hybridized carbons (Fsp3) is 0.571. The van der Waals surface area contributed by atoms with Crippen LogP contribution in [0, 0.1) is 0 Å². The number of rotatable bonds is 3. The third kappa shape index (κ3) is 3.68. The van der Waals surface area contributed by atoms with E-state index in [1.165, 1.54) is 0 Å². The third-order valence-electron chi connectivity index (χ3n) is 6.63. The highest BCUT2D eigenvalue weighted by atomic mass is 35.5. The fourth-order valence-corrected chi connectivity index (χ4v) is 4.97. The van der Waals surface area contributed by atoms with E-state index in [9.17, 15) is 14.7 Å². The number of fused-ring (bicyclic) bond motifs is 1. The molecule has 2 fully saturated rings. The Bertz CT molecular complexity index is 969. The number of hydrogen-bond donors (Lipinski definition) is 1. The molecule has 2 aromatic rings. The normalized spacial score (nSPS) is 25.1. The van der Waals surface area contributed by atoms with Crippen molar-refractivity contribution in [3.63, 3.8) is 0 Å². The molecule has 3 atom stereocenters. The third-order valence-corrected chi connectivity index (χ3v) is 6.86. The van der Waals surface area contributed by atoms with Crippen LogP contribution in [0.3, 0.4) is 0 Å². The number of halogens is 1. The lowest BCUT2D eigenvalue weighted by molar-refractivity contribution is -0.131. The lowest BCUT2D eigenvalue weighted by Gasteiger charge is -2.39. The lowest BCUT2D eigenvalue weighted by atomic mass is 10.1. The molecule has 2 amide bonds. The molecule has 1 saturated heterocycles. The smallest absolute Gasteiger partial charge is 0.289 e. The first-order valence-electron chi connectivity index (χ1n) is 10.3. The highest BCUT2D eigenvalue weighted by molar-refractivity contribution is 6.31. The Labute approximate surface area is 181 Å². The van der Waals surface area contributed by atoms with E-state index < -0.39 is 6.10 Å². The van der Waals surface area contributed by atoms with Gasteiger partial charge in [0.1, 0.15) is 0 Å². The molecule has 1 aromatic heterocycles. The van der Waals surface area contributed by atoms with Gasteiger partial charge in [-0.1, -0.05) is 11.6 Å². The van der Waals surface area contributed by atoms with Crippen molar-refractivity contribution in [1.29, 1.82) is 0 Å². The second-order valence-corrected chi connectivity index (χ2v) is 8.72. The number of amides is 2. The monoisotopic (exact) mass is 433 g/mol. The van der Waals surface area contributed by atoms with Gasteiger partial charge in [-0.2, -0.15) is 0 Å². The molecule has 0 bridgehead atoms. The van der Waals surface area contributed by atoms with Gasteiger partial charge in [-0.25, -0.2) is 4.98 Å². The average Bonchev–Trinajstić information content (AvgIpc) is 3.26. The number of aromatic nitrogens is 2. The SMILES string of the molecule is CC(=O)N1CCN([C@@H]2CC[C@@H](N(C)C(=O)c3nc4cc(Cl)ccc4n3C)[C@H]2O)CC1. The van der Waals surface area contributed by atoms with Gasteiger partial charge in [0.25, 0.3) is 5.91 Å². The van der Waals surface area contributed by atoms with Gasteiger partial charge in [-0.15, -0.1) is 0 Å². The van der Waals surface area contributed by atoms with Crippen molar-refractivity contribution in [3.05, 3.63) is 29.0 Å². The molecule has 2 aliphatic rings. The topological polar surface area (TPSA) is 81.9 Å². The van der Waals surface area contributed by atoms with Crippen LogP contribution in [0.5, 0.6) is 0 Å². The number of aliphatic hydroxyl groups is 1. The maximum atomic E-state index is 13.2. The fourth-order valence-electron chi connectivity index (χ4n) is 4.80. The van der Waals surface area contributed by atoms with Crippen LogP contribution in [0.15, 0.2) is 18.2 Å². The molecule has 9 heteroatoms. The summed E-state index contributed by atoms with van der Waals surface area (Å²) < 4.78 is 1.77. The Balaban J connectivity index is 1.46. The van der Waals surface area contributed by atoms with Crippen LogP contribution in [0.2, 0.25) is 5.02 Å². The van der Waals surface area contributed by atoms with Crippen LogP contribution in [0.1, 0.15) is 30.4 Å². The molecule has 1 N–H and O–H groups in total. The van der Waals surface area contributed by atoms with E-state index in [2.05, 4.69) is 9.88 Å². The van der Waals surface area contributed by atoms with Crippen LogP contribution in [0.4, 0.5) is 0 Å². The van der Waals surface area contributed by atoms with Gasteiger partial charge in [-0.3, -0.25) is 14.5 Å². The van der Waals surface area contributed by atoms with Crippen LogP contribution in [-0.2, 0) is 11.8 Å². The van der Waals surface area contributed by atoms with E-state index in [1.807, 2.05) is 18.0 Å². The Morgan fingerprint density at radius 2 is 1.90 bits per heavy atom. The summed E-state index contributed by atoms with van der Waals surface area (Å²) in [6.07, 6.45) is 0.922. The van der Waals surface area contributed by atoms with Crippen molar-refractivity contribution in [1.82, 2.24) is 24.3 Å². The summed E-state index contributed by atoms with van der Waals surface area (Å²) in [6.45, 7) is 4.45. The van der Waals surface area contributed by atoms with Gasteiger partial charge < -0.3 is 19.5 Å². The molecule has 4 rings (SSSR count). The maximum Gasteiger partial charge on any atom is 0.289 e. The summed E-state index contributed by atoms with van der Waals surface area (Å²) in [5.74, 6) is 0.213. The van der Waals surface area contributed by atoms with E-state index in [0.29, 0.717) is 29.5 Å². The summed E-state index contributed by atoms with van der Waals surface area (Å²) >= 11 is 6.06. The quantitative estimate of drug-likeness (QED) is 0.790. The molecule has 0 radical (unpaired) electrons. The number of carbonyl (C=O) groups excluding carboxylic acids is 2. The standard InChI is InChI=1S/C21H28ClN5O3/c1-13(28)26-8-10-27(11-9-26)18-7-6-17(19(18)29)25(3)21(30)20-23-15-12-14(22)4-5-16(15)24(20)2/h4-5,12,17-19,29H,6-11H2,1-3H3/t17-,18-,19-/m1/s1. The van der Waals surface area contributed by atoms with Gasteiger partial charge in [0.05, 0.1) is 23.2 Å². The predicted molar refractivity (Wildman–Crippen MR) is 114 cm³/mol. The summed E-state index contributed by atoms with van der Waals surface area (Å²) in [4.78, 5) is 34.9. The molecule has 1 aliphatic carbocycles. The first kappa shape index (κ1) is 21.1. The van der Waals surface area contributed by atoms with Gasteiger partial charge in [-0.05, 0) is 31.0 Å². The lowest BCUT2D eigenvalue weighted by Crippen LogP contribution is -2.55. The van der Waals surface area contributed by atoms with Gasteiger partial charge in [0.15, 0.2) is 5.82 Å². The van der Waals surface area contributed by atoms with E-state index >= 15 is 0 Å². The first-order valence-corrected chi connectivity index (χ1v) is 10.7. The predicted octanol–water partition coefficient (Wildman–Crippen LogP) is 1.35. The number of carbonyl (C=O) groups is 2. The van der Waals surface area contributed by atoms with Crippen molar-refractivity contribution in [3.8, 4) is 0 Å². The minimum atomic E-state index is -0.632. The number of aliphatic hydroxyl groups excluding tert-OH is 1. The Hall–Kier alpha value is -2.16. The summed E-state index contributed by atoms with van der Waals surface area (Å²) in [7, 11) is 3.55. The molecule has 0 unspecified atom stereocenters. The van der Waals surface area contributed by atoms with E-state index in [1.54, 1.807) is 35.6 Å². The maximum absolute atomic E-state index is 13.2. The number of nitrogens with zero attached hydrogens (tertiary/aromatic N) is 5. The average molecular weight is 434 g/mol. The number of hydrogen-bond acceptors (Lipinski definition) is 5. The summed E-state index contributed by atoms with van der Waals surface area (Å²) in [5.41, 5.74) is 1.51. The van der Waals surface area contributed by atoms with E-state index in [4.69, 9.17) is 11.6 Å². The minimum absolute atomic E-state index is 0.00129. The number of benzene rings is 1. The van der Waals surface area contributed by atoms with Crippen molar-refractivity contribution >= 4 is 34.4 Å². The van der Waals surface area contributed by atoms with Crippen LogP contribution < -0.4 is 0 Å². The second-order valence-electron chi connectivity index (χ2n) is 8.29.